The third-order valence-electron chi connectivity index (χ3n) is 1.73. The summed E-state index contributed by atoms with van der Waals surface area (Å²) in [6.07, 6.45) is -4.47. The molecule has 0 amide bonds. The second kappa shape index (κ2) is 4.06. The van der Waals surface area contributed by atoms with Gasteiger partial charge in [0.15, 0.2) is 5.05 Å². The lowest BCUT2D eigenvalue weighted by molar-refractivity contribution is -0.137. The Labute approximate surface area is 89.3 Å². The molecule has 82 valence electrons. The van der Waals surface area contributed by atoms with Gasteiger partial charge in [0.05, 0.1) is 18.2 Å². The Morgan fingerprint density at radius 3 is 2.47 bits per heavy atom. The van der Waals surface area contributed by atoms with Gasteiger partial charge in [0, 0.05) is 0 Å². The van der Waals surface area contributed by atoms with E-state index >= 15 is 0 Å². The van der Waals surface area contributed by atoms with Crippen molar-refractivity contribution in [1.29, 1.82) is 0 Å². The topological polar surface area (TPSA) is 29.5 Å². The number of alkyl halides is 3. The number of rotatable bonds is 1. The molecular weight excluding hydrogens is 229 g/mol. The summed E-state index contributed by atoms with van der Waals surface area (Å²) in [7, 11) is 1.22. The van der Waals surface area contributed by atoms with E-state index in [9.17, 15) is 18.3 Å². The molecule has 15 heavy (non-hydrogen) atoms. The summed E-state index contributed by atoms with van der Waals surface area (Å²) in [6.45, 7) is 0. The molecule has 0 spiro atoms. The monoisotopic (exact) mass is 236 g/mol. The number of thiocarbonyl (C=S) groups is 1. The van der Waals surface area contributed by atoms with Gasteiger partial charge in [-0.05, 0) is 30.4 Å². The van der Waals surface area contributed by atoms with Crippen LogP contribution in [0.4, 0.5) is 13.2 Å². The number of ether oxygens (including phenoxy) is 1. The number of benzene rings is 1. The zero-order valence-electron chi connectivity index (χ0n) is 7.63. The molecule has 0 fully saturated rings. The van der Waals surface area contributed by atoms with Gasteiger partial charge in [-0.1, -0.05) is 0 Å². The highest BCUT2D eigenvalue weighted by molar-refractivity contribution is 7.80. The molecule has 0 unspecified atom stereocenters. The molecule has 2 nitrogen and oxygen atoms in total. The molecule has 0 atom stereocenters. The summed E-state index contributed by atoms with van der Waals surface area (Å²) in [6, 6.07) is 2.46. The number of methoxy groups -OCH3 is 1. The van der Waals surface area contributed by atoms with Crippen LogP contribution in [0.15, 0.2) is 18.2 Å². The van der Waals surface area contributed by atoms with E-state index in [0.29, 0.717) is 0 Å². The molecule has 1 aromatic rings. The van der Waals surface area contributed by atoms with Gasteiger partial charge < -0.3 is 9.84 Å². The zero-order valence-corrected chi connectivity index (χ0v) is 8.45. The van der Waals surface area contributed by atoms with E-state index in [1.807, 2.05) is 0 Å². The first-order chi connectivity index (χ1) is 6.86. The van der Waals surface area contributed by atoms with Crippen molar-refractivity contribution in [3.8, 4) is 5.75 Å². The van der Waals surface area contributed by atoms with E-state index in [-0.39, 0.29) is 16.4 Å². The van der Waals surface area contributed by atoms with Gasteiger partial charge in [-0.15, -0.1) is 0 Å². The van der Waals surface area contributed by atoms with E-state index < -0.39 is 11.7 Å². The fraction of sp³-hybridized carbons (Fsp3) is 0.222. The van der Waals surface area contributed by atoms with E-state index in [1.54, 1.807) is 0 Å². The van der Waals surface area contributed by atoms with Crippen molar-refractivity contribution >= 4 is 17.3 Å². The number of halogens is 3. The SMILES string of the molecule is COC(=S)c1cc(C(F)(F)F)ccc1O. The van der Waals surface area contributed by atoms with Crippen molar-refractivity contribution in [3.05, 3.63) is 29.3 Å². The van der Waals surface area contributed by atoms with E-state index in [1.165, 1.54) is 7.11 Å². The summed E-state index contributed by atoms with van der Waals surface area (Å²) in [5, 5.41) is 9.09. The molecular formula is C9H7F3O2S. The second-order valence-electron chi connectivity index (χ2n) is 2.72. The Morgan fingerprint density at radius 1 is 1.40 bits per heavy atom. The molecule has 0 saturated heterocycles. The van der Waals surface area contributed by atoms with Gasteiger partial charge in [0.25, 0.3) is 0 Å². The Bertz CT molecular complexity index is 387. The largest absolute Gasteiger partial charge is 0.507 e. The molecule has 1 aromatic carbocycles. The standard InChI is InChI=1S/C9H7F3O2S/c1-14-8(15)6-4-5(9(10,11)12)2-3-7(6)13/h2-4,13H,1H3. The van der Waals surface area contributed by atoms with Gasteiger partial charge in [-0.3, -0.25) is 0 Å². The van der Waals surface area contributed by atoms with Crippen LogP contribution in [0.5, 0.6) is 5.75 Å². The smallest absolute Gasteiger partial charge is 0.416 e. The average molecular weight is 236 g/mol. The molecule has 6 heteroatoms. The summed E-state index contributed by atoms with van der Waals surface area (Å²) in [5.74, 6) is -0.338. The highest BCUT2D eigenvalue weighted by atomic mass is 32.1. The molecule has 0 heterocycles. The fourth-order valence-electron chi connectivity index (χ4n) is 0.986. The Hall–Kier alpha value is -1.30. The minimum absolute atomic E-state index is 0.137. The van der Waals surface area contributed by atoms with Crippen molar-refractivity contribution in [3.63, 3.8) is 0 Å². The molecule has 0 saturated carbocycles. The molecule has 0 radical (unpaired) electrons. The van der Waals surface area contributed by atoms with E-state index in [0.717, 1.165) is 18.2 Å². The second-order valence-corrected chi connectivity index (χ2v) is 3.09. The zero-order chi connectivity index (χ0) is 11.6. The number of hydrogen-bond donors (Lipinski definition) is 1. The fourth-order valence-corrected chi connectivity index (χ4v) is 1.15. The summed E-state index contributed by atoms with van der Waals surface area (Å²) in [4.78, 5) is 0. The maximum Gasteiger partial charge on any atom is 0.416 e. The summed E-state index contributed by atoms with van der Waals surface area (Å²) < 4.78 is 41.5. The Morgan fingerprint density at radius 2 is 2.00 bits per heavy atom. The molecule has 0 aromatic heterocycles. The average Bonchev–Trinajstić information content (AvgIpc) is 2.15. The van der Waals surface area contributed by atoms with Crippen LogP contribution in [-0.4, -0.2) is 17.3 Å². The highest BCUT2D eigenvalue weighted by Crippen LogP contribution is 2.32. The molecule has 0 aliphatic carbocycles. The van der Waals surface area contributed by atoms with Crippen molar-refractivity contribution < 1.29 is 23.0 Å². The molecule has 1 rings (SSSR count). The van der Waals surface area contributed by atoms with Crippen LogP contribution in [-0.2, 0) is 10.9 Å². The lowest BCUT2D eigenvalue weighted by Gasteiger charge is -2.10. The Balaban J connectivity index is 3.23. The van der Waals surface area contributed by atoms with Gasteiger partial charge in [-0.25, -0.2) is 0 Å². The summed E-state index contributed by atoms with van der Waals surface area (Å²) >= 11 is 4.64. The van der Waals surface area contributed by atoms with Crippen LogP contribution in [0, 0.1) is 0 Å². The van der Waals surface area contributed by atoms with Crippen LogP contribution in [0.1, 0.15) is 11.1 Å². The van der Waals surface area contributed by atoms with Crippen molar-refractivity contribution in [2.45, 2.75) is 6.18 Å². The quantitative estimate of drug-likeness (QED) is 0.760. The maximum atomic E-state index is 12.3. The lowest BCUT2D eigenvalue weighted by atomic mass is 10.1. The van der Waals surface area contributed by atoms with Crippen LogP contribution in [0.25, 0.3) is 0 Å². The Kier molecular flexibility index (Phi) is 3.18. The van der Waals surface area contributed by atoms with Gasteiger partial charge in [0.2, 0.25) is 0 Å². The van der Waals surface area contributed by atoms with Gasteiger partial charge in [0.1, 0.15) is 5.75 Å². The lowest BCUT2D eigenvalue weighted by Crippen LogP contribution is -2.08. The van der Waals surface area contributed by atoms with Crippen molar-refractivity contribution in [2.75, 3.05) is 7.11 Å². The molecule has 0 bridgehead atoms. The first-order valence-electron chi connectivity index (χ1n) is 3.85. The predicted octanol–water partition coefficient (Wildman–Crippen LogP) is 2.73. The number of aromatic hydroxyl groups is 1. The van der Waals surface area contributed by atoms with Crippen LogP contribution < -0.4 is 0 Å². The predicted molar refractivity (Wildman–Crippen MR) is 51.8 cm³/mol. The number of phenols is 1. The van der Waals surface area contributed by atoms with Gasteiger partial charge in [-0.2, -0.15) is 13.2 Å². The van der Waals surface area contributed by atoms with Gasteiger partial charge >= 0.3 is 6.18 Å². The third kappa shape index (κ3) is 2.59. The highest BCUT2D eigenvalue weighted by Gasteiger charge is 2.31. The minimum atomic E-state index is -4.47. The minimum Gasteiger partial charge on any atom is -0.507 e. The van der Waals surface area contributed by atoms with Crippen LogP contribution in [0.2, 0.25) is 0 Å². The molecule has 1 N–H and O–H groups in total. The van der Waals surface area contributed by atoms with E-state index in [2.05, 4.69) is 17.0 Å². The normalized spacial score (nSPS) is 11.2. The first-order valence-corrected chi connectivity index (χ1v) is 4.25. The first kappa shape index (κ1) is 11.8. The number of hydrogen-bond acceptors (Lipinski definition) is 3. The van der Waals surface area contributed by atoms with Crippen molar-refractivity contribution in [2.24, 2.45) is 0 Å². The van der Waals surface area contributed by atoms with Crippen LogP contribution >= 0.6 is 12.2 Å². The maximum absolute atomic E-state index is 12.3. The number of phenolic OH excluding ortho intramolecular Hbond substituents is 1. The van der Waals surface area contributed by atoms with Crippen molar-refractivity contribution in [1.82, 2.24) is 0 Å². The molecule has 0 aliphatic heterocycles. The van der Waals surface area contributed by atoms with Crippen LogP contribution in [0.3, 0.4) is 0 Å². The summed E-state index contributed by atoms with van der Waals surface area (Å²) in [5.41, 5.74) is -1.02. The third-order valence-corrected chi connectivity index (χ3v) is 2.12. The van der Waals surface area contributed by atoms with E-state index in [4.69, 9.17) is 0 Å². The molecule has 0 aliphatic rings.